The Kier molecular flexibility index (Phi) is 24.6. The maximum Gasteiger partial charge on any atom is 0.334 e. The van der Waals surface area contributed by atoms with Crippen molar-refractivity contribution in [3.8, 4) is 12.3 Å². The average Bonchev–Trinajstić information content (AvgIpc) is 2.09. The topological polar surface area (TPSA) is 112 Å². The van der Waals surface area contributed by atoms with Gasteiger partial charge in [-0.05, 0) is 182 Å². The van der Waals surface area contributed by atoms with E-state index in [1.807, 2.05) is 13.0 Å². The highest BCUT2D eigenvalue weighted by atomic mass is 79.9. The van der Waals surface area contributed by atoms with Crippen molar-refractivity contribution in [1.29, 1.82) is 0 Å². The molecular formula is C72H118BrFO8Si2. The number of cyclic esters (lactones) is 2. The van der Waals surface area contributed by atoms with E-state index in [-0.39, 0.29) is 79.2 Å². The van der Waals surface area contributed by atoms with E-state index in [1.54, 1.807) is 5.57 Å². The quantitative estimate of drug-likeness (QED) is 0.0548. The Balaban J connectivity index is 0.000000275. The summed E-state index contributed by atoms with van der Waals surface area (Å²) in [4.78, 5) is 26.3. The van der Waals surface area contributed by atoms with E-state index in [0.29, 0.717) is 59.0 Å². The number of aliphatic hydroxyl groups is 2. The molecule has 476 valence electrons. The zero-order valence-electron chi connectivity index (χ0n) is 56.3. The number of carbonyl (C=O) groups is 2. The normalized spacial score (nSPS) is 34.6. The van der Waals surface area contributed by atoms with Crippen LogP contribution in [0.3, 0.4) is 0 Å². The molecule has 7 rings (SSSR count). The number of terminal acetylenes is 1. The summed E-state index contributed by atoms with van der Waals surface area (Å²) in [5.41, 5.74) is 6.20. The molecule has 5 aliphatic carbocycles. The monoisotopic (exact) mass is 1260 g/mol. The van der Waals surface area contributed by atoms with Gasteiger partial charge < -0.3 is 28.5 Å². The third-order valence-electron chi connectivity index (χ3n) is 23.9. The molecule has 5 saturated carbocycles. The highest BCUT2D eigenvalue weighted by molar-refractivity contribution is 9.11. The molecule has 12 heteroatoms. The van der Waals surface area contributed by atoms with Crippen molar-refractivity contribution in [2.75, 3.05) is 0 Å². The van der Waals surface area contributed by atoms with Crippen molar-refractivity contribution in [2.45, 2.75) is 274 Å². The maximum atomic E-state index is 12.1. The van der Waals surface area contributed by atoms with Crippen molar-refractivity contribution in [3.63, 3.8) is 0 Å². The van der Waals surface area contributed by atoms with Crippen LogP contribution in [0.2, 0.25) is 36.3 Å². The van der Waals surface area contributed by atoms with Gasteiger partial charge in [0.15, 0.2) is 16.6 Å². The number of ether oxygens (including phenoxy) is 2. The van der Waals surface area contributed by atoms with Crippen LogP contribution in [0, 0.1) is 81.3 Å². The summed E-state index contributed by atoms with van der Waals surface area (Å²) < 4.78 is 24.7. The first-order chi connectivity index (χ1) is 38.1. The van der Waals surface area contributed by atoms with E-state index in [4.69, 9.17) is 24.7 Å². The molecule has 0 spiro atoms. The number of carbonyl (C=O) groups excluding carboxylic acids is 2. The van der Waals surface area contributed by atoms with E-state index in [1.165, 1.54) is 63.4 Å². The molecule has 0 aromatic rings. The lowest BCUT2D eigenvalue weighted by Gasteiger charge is -2.45. The zero-order chi connectivity index (χ0) is 63.0. The predicted molar refractivity (Wildman–Crippen MR) is 357 cm³/mol. The third kappa shape index (κ3) is 15.5. The molecule has 0 radical (unpaired) electrons. The van der Waals surface area contributed by atoms with Crippen LogP contribution in [0.15, 0.2) is 83.0 Å². The van der Waals surface area contributed by atoms with Gasteiger partial charge in [-0.2, -0.15) is 0 Å². The molecule has 0 bridgehead atoms. The lowest BCUT2D eigenvalue weighted by atomic mass is 9.60. The molecular weight excluding hydrogens is 1150 g/mol. The summed E-state index contributed by atoms with van der Waals surface area (Å²) in [7, 11) is -3.78. The molecule has 84 heavy (non-hydrogen) atoms. The average molecular weight is 1270 g/mol. The first kappa shape index (κ1) is 73.8. The van der Waals surface area contributed by atoms with Crippen molar-refractivity contribution in [2.24, 2.45) is 69.0 Å². The Hall–Kier alpha value is -2.64. The molecule has 2 aliphatic heterocycles. The number of allylic oxidation sites excluding steroid dienone is 4. The van der Waals surface area contributed by atoms with E-state index in [2.05, 4.69) is 195 Å². The van der Waals surface area contributed by atoms with Gasteiger partial charge in [-0.15, -0.1) is 18.9 Å². The molecule has 8 nitrogen and oxygen atoms in total. The number of esters is 2. The SMILES string of the molecule is C#CC[C@@H](O[Si](C)(C)C(C)(C)C)[C@H](C)[C@@H](C=C)O[Si](C)(C)C(C)(C)C.C=C1/C(=C\C=C2/CCC[C@]3(C)[C@@H]([C@H](C)C[C@@H]4OC(=O)C(=C)C4(C)C)CC[C@@H]23)C[C@@H](O)[C@H](C)[C@@H]1O.C=C1C(=O)O[C@@H](C[C@@H](C)[C@H]2CC[C@H]3/C(=C/Br)CCC[C@]23C)C1(C)C.F. The molecule has 2 saturated heterocycles. The van der Waals surface area contributed by atoms with E-state index in [0.717, 1.165) is 36.3 Å². The van der Waals surface area contributed by atoms with Crippen LogP contribution in [-0.4, -0.2) is 75.4 Å². The van der Waals surface area contributed by atoms with Gasteiger partial charge in [-0.3, -0.25) is 4.70 Å². The maximum absolute atomic E-state index is 12.1. The number of halogens is 2. The number of fused-ring (bicyclic) bond motifs is 2. The number of hydrogen-bond donors (Lipinski definition) is 2. The number of hydrogen-bond acceptors (Lipinski definition) is 8. The van der Waals surface area contributed by atoms with Crippen molar-refractivity contribution < 1.29 is 42.8 Å². The summed E-state index contributed by atoms with van der Waals surface area (Å²) in [5, 5.41) is 21.1. The van der Waals surface area contributed by atoms with Gasteiger partial charge in [-0.1, -0.05) is 176 Å². The van der Waals surface area contributed by atoms with Crippen LogP contribution >= 0.6 is 15.9 Å². The van der Waals surface area contributed by atoms with Gasteiger partial charge in [-0.25, -0.2) is 9.59 Å². The first-order valence-electron chi connectivity index (χ1n) is 32.1. The van der Waals surface area contributed by atoms with Crippen LogP contribution in [0.4, 0.5) is 4.70 Å². The van der Waals surface area contributed by atoms with Crippen LogP contribution in [0.5, 0.6) is 0 Å². The second-order valence-electron chi connectivity index (χ2n) is 31.8. The van der Waals surface area contributed by atoms with Gasteiger partial charge in [0.05, 0.1) is 24.4 Å². The Bertz CT molecular complexity index is 2520. The minimum atomic E-state index is -1.90. The molecule has 2 heterocycles. The van der Waals surface area contributed by atoms with E-state index >= 15 is 0 Å². The molecule has 7 aliphatic rings. The highest BCUT2D eigenvalue weighted by Crippen LogP contribution is 2.62. The molecule has 2 N–H and O–H groups in total. The Morgan fingerprint density at radius 2 is 1.17 bits per heavy atom. The standard InChI is InChI=1S/C30H44O4.C21H31BrO2.C21H42O2Si2.FH/c1-17(15-26-29(5,6)20(4)28(33)34-26)23-12-13-24-21(9-8-14-30(23,24)7)10-11-22-16-25(31)19(3)27(32)18(22)2;1-13(11-18-20(3,4)14(2)19(23)24-18)16-8-9-17-15(12-22)7-6-10-21(16,17)5;1-14-16-19(23-25(12,13)21(7,8)9)17(3)18(15-2)22-24(10,11)20(4,5)6;/h10-11,17,19,23-27,31-32H,2,4,8-9,12-16H2,1,3,5-7H3;12-13,16-18H,2,6-11H2,1,3-5H3;1,15,17-19H,2,16H2,3-13H3;1H/b21-10+,22-11-;15-12+;;/t17-,19+,23-,24+,25-,26+,27-,30-;13-,16-,17+,18+,21-;17-,18-,19-;/m111./s1. The smallest absolute Gasteiger partial charge is 0.334 e. The third-order valence-corrected chi connectivity index (χ3v) is 33.4. The van der Waals surface area contributed by atoms with Gasteiger partial charge in [0, 0.05) is 40.2 Å². The lowest BCUT2D eigenvalue weighted by Crippen LogP contribution is -2.50. The Morgan fingerprint density at radius 1 is 0.738 bits per heavy atom. The minimum absolute atomic E-state index is 0. The van der Waals surface area contributed by atoms with Gasteiger partial charge in [0.25, 0.3) is 0 Å². The fourth-order valence-electron chi connectivity index (χ4n) is 15.4. The summed E-state index contributed by atoms with van der Waals surface area (Å²) in [6.07, 6.45) is 26.1. The van der Waals surface area contributed by atoms with Gasteiger partial charge in [0.2, 0.25) is 0 Å². The van der Waals surface area contributed by atoms with E-state index in [9.17, 15) is 19.8 Å². The van der Waals surface area contributed by atoms with Crippen LogP contribution in [-0.2, 0) is 27.9 Å². The van der Waals surface area contributed by atoms with E-state index < -0.39 is 28.8 Å². The predicted octanol–water partition coefficient (Wildman–Crippen LogP) is 18.7. The second-order valence-corrected chi connectivity index (χ2v) is 41.8. The summed E-state index contributed by atoms with van der Waals surface area (Å²) in [5.74, 6) is 6.03. The highest BCUT2D eigenvalue weighted by Gasteiger charge is 2.55. The number of rotatable bonds is 15. The summed E-state index contributed by atoms with van der Waals surface area (Å²) >= 11 is 3.60. The Morgan fingerprint density at radius 3 is 1.56 bits per heavy atom. The van der Waals surface area contributed by atoms with Crippen LogP contribution in [0.1, 0.15) is 201 Å². The molecule has 0 amide bonds. The second kappa shape index (κ2) is 28.0. The zero-order valence-corrected chi connectivity index (χ0v) is 59.9. The van der Waals surface area contributed by atoms with Gasteiger partial charge >= 0.3 is 11.9 Å². The fraction of sp³-hybridized carbons (Fsp3) is 0.750. The van der Waals surface area contributed by atoms with Gasteiger partial charge in [0.1, 0.15) is 12.2 Å². The molecule has 16 atom stereocenters. The fourth-order valence-corrected chi connectivity index (χ4v) is 18.7. The van der Waals surface area contributed by atoms with Crippen molar-refractivity contribution in [3.05, 3.63) is 83.0 Å². The largest absolute Gasteiger partial charge is 0.458 e. The molecule has 7 fully saturated rings. The lowest BCUT2D eigenvalue weighted by molar-refractivity contribution is -0.141. The van der Waals surface area contributed by atoms with Crippen LogP contribution in [0.25, 0.3) is 0 Å². The molecule has 0 aromatic heterocycles. The number of aliphatic hydroxyl groups excluding tert-OH is 2. The molecule has 0 unspecified atom stereocenters. The summed E-state index contributed by atoms with van der Waals surface area (Å²) in [6.45, 7) is 60.9. The van der Waals surface area contributed by atoms with Crippen molar-refractivity contribution >= 4 is 44.5 Å². The van der Waals surface area contributed by atoms with Crippen LogP contribution < -0.4 is 0 Å². The van der Waals surface area contributed by atoms with Crippen molar-refractivity contribution in [1.82, 2.24) is 0 Å². The minimum Gasteiger partial charge on any atom is -0.458 e. The summed E-state index contributed by atoms with van der Waals surface area (Å²) in [6, 6.07) is 0. The molecule has 0 aromatic carbocycles. The first-order valence-corrected chi connectivity index (χ1v) is 38.8. The Labute approximate surface area is 522 Å².